The zero-order chi connectivity index (χ0) is 8.27. The second-order valence-electron chi connectivity index (χ2n) is 3.55. The fourth-order valence-corrected chi connectivity index (χ4v) is 1.73. The average molecular weight is 158 g/mol. The van der Waals surface area contributed by atoms with E-state index in [1.807, 2.05) is 0 Å². The molecule has 0 N–H and O–H groups in total. The fraction of sp³-hybridized carbons (Fsp3) is 1.00. The van der Waals surface area contributed by atoms with Crippen molar-refractivity contribution in [3.63, 3.8) is 0 Å². The third-order valence-corrected chi connectivity index (χ3v) is 2.51. The maximum atomic E-state index is 5.34. The second-order valence-corrected chi connectivity index (χ2v) is 3.55. The summed E-state index contributed by atoms with van der Waals surface area (Å²) < 4.78 is 10.7. The first-order valence-electron chi connectivity index (χ1n) is 4.36. The Morgan fingerprint density at radius 2 is 2.18 bits per heavy atom. The minimum absolute atomic E-state index is 0.323. The van der Waals surface area contributed by atoms with Crippen LogP contribution in [-0.4, -0.2) is 26.4 Å². The molecule has 11 heavy (non-hydrogen) atoms. The molecule has 0 spiro atoms. The highest BCUT2D eigenvalue weighted by Gasteiger charge is 2.27. The van der Waals surface area contributed by atoms with Gasteiger partial charge in [0.25, 0.3) is 0 Å². The summed E-state index contributed by atoms with van der Waals surface area (Å²) in [5, 5.41) is 0. The largest absolute Gasteiger partial charge is 0.379 e. The van der Waals surface area contributed by atoms with Gasteiger partial charge >= 0.3 is 0 Å². The Morgan fingerprint density at radius 3 is 2.64 bits per heavy atom. The van der Waals surface area contributed by atoms with Crippen LogP contribution in [0.25, 0.3) is 0 Å². The van der Waals surface area contributed by atoms with E-state index in [9.17, 15) is 0 Å². The first kappa shape index (κ1) is 9.01. The van der Waals surface area contributed by atoms with Gasteiger partial charge in [-0.25, -0.2) is 0 Å². The molecule has 0 saturated carbocycles. The Bertz CT molecular complexity index is 112. The van der Waals surface area contributed by atoms with Gasteiger partial charge < -0.3 is 9.47 Å². The minimum Gasteiger partial charge on any atom is -0.379 e. The van der Waals surface area contributed by atoms with Crippen LogP contribution in [0.4, 0.5) is 0 Å². The lowest BCUT2D eigenvalue weighted by Gasteiger charge is -2.32. The monoisotopic (exact) mass is 158 g/mol. The van der Waals surface area contributed by atoms with Crippen molar-refractivity contribution in [3.8, 4) is 0 Å². The van der Waals surface area contributed by atoms with E-state index in [0.717, 1.165) is 19.6 Å². The summed E-state index contributed by atoms with van der Waals surface area (Å²) in [5.41, 5.74) is 0. The van der Waals surface area contributed by atoms with Crippen molar-refractivity contribution in [2.24, 2.45) is 11.8 Å². The molecule has 66 valence electrons. The number of hydrogen-bond donors (Lipinski definition) is 0. The molecular formula is C9H18O2. The van der Waals surface area contributed by atoms with Crippen molar-refractivity contribution in [1.82, 2.24) is 0 Å². The van der Waals surface area contributed by atoms with E-state index >= 15 is 0 Å². The van der Waals surface area contributed by atoms with Gasteiger partial charge in [0.2, 0.25) is 0 Å². The van der Waals surface area contributed by atoms with Gasteiger partial charge in [-0.15, -0.1) is 0 Å². The van der Waals surface area contributed by atoms with Gasteiger partial charge in [0.15, 0.2) is 0 Å². The maximum absolute atomic E-state index is 5.34. The topological polar surface area (TPSA) is 18.5 Å². The van der Waals surface area contributed by atoms with Gasteiger partial charge in [-0.3, -0.25) is 0 Å². The fourth-order valence-electron chi connectivity index (χ4n) is 1.73. The summed E-state index contributed by atoms with van der Waals surface area (Å²) >= 11 is 0. The Hall–Kier alpha value is -0.0800. The lowest BCUT2D eigenvalue weighted by Crippen LogP contribution is -2.36. The summed E-state index contributed by atoms with van der Waals surface area (Å²) in [6.45, 7) is 6.19. The van der Waals surface area contributed by atoms with Crippen LogP contribution in [0.5, 0.6) is 0 Å². The average Bonchev–Trinajstić information content (AvgIpc) is 2.04. The Balaban J connectivity index is 2.44. The Labute approximate surface area is 68.9 Å². The highest BCUT2D eigenvalue weighted by molar-refractivity contribution is 4.76. The number of rotatable bonds is 2. The number of hydrogen-bond acceptors (Lipinski definition) is 2. The van der Waals surface area contributed by atoms with Gasteiger partial charge in [-0.05, 0) is 18.3 Å². The van der Waals surface area contributed by atoms with E-state index in [-0.39, 0.29) is 0 Å². The van der Waals surface area contributed by atoms with Crippen molar-refractivity contribution in [1.29, 1.82) is 0 Å². The van der Waals surface area contributed by atoms with Crippen LogP contribution in [0.3, 0.4) is 0 Å². The lowest BCUT2D eigenvalue weighted by molar-refractivity contribution is -0.0775. The van der Waals surface area contributed by atoms with E-state index in [1.165, 1.54) is 0 Å². The molecule has 1 heterocycles. The molecule has 0 bridgehead atoms. The standard InChI is InChI=1S/C9H18O2/c1-7(2)8-4-5-11-6-9(8)10-3/h7-9H,4-6H2,1-3H3/t8-,9-/m1/s1. The molecule has 0 aromatic heterocycles. The first-order chi connectivity index (χ1) is 5.25. The highest BCUT2D eigenvalue weighted by atomic mass is 16.5. The van der Waals surface area contributed by atoms with Gasteiger partial charge in [0, 0.05) is 13.7 Å². The van der Waals surface area contributed by atoms with Crippen LogP contribution in [0.15, 0.2) is 0 Å². The molecule has 0 unspecified atom stereocenters. The lowest BCUT2D eigenvalue weighted by atomic mass is 9.86. The van der Waals surface area contributed by atoms with Crippen molar-refractivity contribution >= 4 is 0 Å². The molecule has 2 heteroatoms. The van der Waals surface area contributed by atoms with Crippen LogP contribution in [0, 0.1) is 11.8 Å². The molecule has 1 aliphatic rings. The highest BCUT2D eigenvalue weighted by Crippen LogP contribution is 2.25. The predicted octanol–water partition coefficient (Wildman–Crippen LogP) is 1.69. The predicted molar refractivity (Wildman–Crippen MR) is 44.6 cm³/mol. The smallest absolute Gasteiger partial charge is 0.0836 e. The van der Waals surface area contributed by atoms with Gasteiger partial charge in [-0.1, -0.05) is 13.8 Å². The van der Waals surface area contributed by atoms with Crippen LogP contribution >= 0.6 is 0 Å². The molecule has 0 radical (unpaired) electrons. The molecule has 2 atom stereocenters. The van der Waals surface area contributed by atoms with Gasteiger partial charge in [0.05, 0.1) is 12.7 Å². The molecule has 0 amide bonds. The van der Waals surface area contributed by atoms with Crippen LogP contribution in [0.1, 0.15) is 20.3 Å². The third-order valence-electron chi connectivity index (χ3n) is 2.51. The molecule has 0 aromatic carbocycles. The first-order valence-corrected chi connectivity index (χ1v) is 4.36. The van der Waals surface area contributed by atoms with E-state index in [4.69, 9.17) is 9.47 Å². The van der Waals surface area contributed by atoms with E-state index in [2.05, 4.69) is 13.8 Å². The summed E-state index contributed by atoms with van der Waals surface area (Å²) in [5.74, 6) is 1.40. The van der Waals surface area contributed by atoms with Crippen molar-refractivity contribution < 1.29 is 9.47 Å². The van der Waals surface area contributed by atoms with Gasteiger partial charge in [-0.2, -0.15) is 0 Å². The summed E-state index contributed by atoms with van der Waals surface area (Å²) in [7, 11) is 1.77. The normalized spacial score (nSPS) is 32.7. The summed E-state index contributed by atoms with van der Waals surface area (Å²) in [4.78, 5) is 0. The number of methoxy groups -OCH3 is 1. The molecule has 1 rings (SSSR count). The van der Waals surface area contributed by atoms with Crippen molar-refractivity contribution in [2.75, 3.05) is 20.3 Å². The Kier molecular flexibility index (Phi) is 3.34. The van der Waals surface area contributed by atoms with E-state index in [0.29, 0.717) is 17.9 Å². The summed E-state index contributed by atoms with van der Waals surface area (Å²) in [6, 6.07) is 0. The molecular weight excluding hydrogens is 140 g/mol. The quantitative estimate of drug-likeness (QED) is 0.609. The Morgan fingerprint density at radius 1 is 1.45 bits per heavy atom. The third kappa shape index (κ3) is 2.17. The molecule has 2 nitrogen and oxygen atoms in total. The second kappa shape index (κ2) is 4.07. The molecule has 1 saturated heterocycles. The van der Waals surface area contributed by atoms with E-state index in [1.54, 1.807) is 7.11 Å². The van der Waals surface area contributed by atoms with E-state index < -0.39 is 0 Å². The zero-order valence-electron chi connectivity index (χ0n) is 7.67. The van der Waals surface area contributed by atoms with Crippen LogP contribution < -0.4 is 0 Å². The zero-order valence-corrected chi connectivity index (χ0v) is 7.67. The summed E-state index contributed by atoms with van der Waals surface area (Å²) in [6.07, 6.45) is 1.47. The molecule has 1 aliphatic heterocycles. The minimum atomic E-state index is 0.323. The van der Waals surface area contributed by atoms with Crippen molar-refractivity contribution in [3.05, 3.63) is 0 Å². The number of ether oxygens (including phenoxy) is 2. The molecule has 0 aromatic rings. The molecule has 1 fully saturated rings. The van der Waals surface area contributed by atoms with Crippen molar-refractivity contribution in [2.45, 2.75) is 26.4 Å². The SMILES string of the molecule is CO[C@@H]1COCC[C@@H]1C(C)C. The van der Waals surface area contributed by atoms with Crippen LogP contribution in [0.2, 0.25) is 0 Å². The maximum Gasteiger partial charge on any atom is 0.0836 e. The van der Waals surface area contributed by atoms with Crippen LogP contribution in [-0.2, 0) is 9.47 Å². The molecule has 0 aliphatic carbocycles. The van der Waals surface area contributed by atoms with Gasteiger partial charge in [0.1, 0.15) is 0 Å².